The van der Waals surface area contributed by atoms with Crippen molar-refractivity contribution in [2.75, 3.05) is 0 Å². The number of aliphatic hydroxyl groups excluding tert-OH is 1. The highest BCUT2D eigenvalue weighted by Gasteiger charge is 2.48. The van der Waals surface area contributed by atoms with Crippen LogP contribution in [0.1, 0.15) is 38.2 Å². The Bertz CT molecular complexity index is 639. The number of primary amides is 1. The number of hydrogen-bond acceptors (Lipinski definition) is 5. The average molecular weight is 377 g/mol. The number of hydrogen-bond donors (Lipinski definition) is 5. The summed E-state index contributed by atoms with van der Waals surface area (Å²) < 4.78 is 0. The number of rotatable bonds is 8. The van der Waals surface area contributed by atoms with Crippen molar-refractivity contribution in [3.63, 3.8) is 0 Å². The number of carbonyl (C=O) groups excluding carboxylic acids is 2. The third-order valence-electron chi connectivity index (χ3n) is 5.41. The number of benzene rings is 1. The molecule has 0 aromatic heterocycles. The van der Waals surface area contributed by atoms with Crippen LogP contribution in [-0.4, -0.2) is 38.9 Å². The zero-order chi connectivity index (χ0) is 20.0. The summed E-state index contributed by atoms with van der Waals surface area (Å²) in [7, 11) is 0. The molecule has 0 heterocycles. The number of aliphatic hydroxyl groups is 2. The number of amides is 2. The number of carbonyl (C=O) groups is 2. The highest BCUT2D eigenvalue weighted by molar-refractivity contribution is 5.80. The molecule has 1 fully saturated rings. The van der Waals surface area contributed by atoms with Crippen LogP contribution in [0, 0.1) is 24.2 Å². The fourth-order valence-electron chi connectivity index (χ4n) is 4.14. The van der Waals surface area contributed by atoms with Crippen molar-refractivity contribution in [3.05, 3.63) is 42.3 Å². The lowest BCUT2D eigenvalue weighted by atomic mass is 9.66. The molecule has 149 valence electrons. The second-order valence-electron chi connectivity index (χ2n) is 7.71. The molecule has 6 N–H and O–H groups in total. The summed E-state index contributed by atoms with van der Waals surface area (Å²) in [6.45, 7) is 1.88. The topological polar surface area (TPSA) is 133 Å². The molecule has 0 saturated heterocycles. The molecule has 0 aliphatic heterocycles. The van der Waals surface area contributed by atoms with E-state index in [1.165, 1.54) is 0 Å². The predicted molar refractivity (Wildman–Crippen MR) is 99.1 cm³/mol. The molecule has 1 saturated carbocycles. The Morgan fingerprint density at radius 2 is 2.00 bits per heavy atom. The van der Waals surface area contributed by atoms with Gasteiger partial charge in [-0.3, -0.25) is 14.8 Å². The summed E-state index contributed by atoms with van der Waals surface area (Å²) in [6, 6.07) is 9.54. The van der Waals surface area contributed by atoms with Crippen molar-refractivity contribution in [2.24, 2.45) is 23.5 Å². The molecule has 0 bridgehead atoms. The Morgan fingerprint density at radius 3 is 2.59 bits per heavy atom. The van der Waals surface area contributed by atoms with E-state index < -0.39 is 35.4 Å². The molecule has 2 unspecified atom stereocenters. The van der Waals surface area contributed by atoms with Gasteiger partial charge in [0, 0.05) is 5.92 Å². The van der Waals surface area contributed by atoms with Crippen LogP contribution in [0.4, 0.5) is 0 Å². The summed E-state index contributed by atoms with van der Waals surface area (Å²) >= 11 is 0. The van der Waals surface area contributed by atoms with Crippen molar-refractivity contribution in [3.8, 4) is 0 Å². The van der Waals surface area contributed by atoms with E-state index in [1.807, 2.05) is 37.3 Å². The number of nitrogens with one attached hydrogen (secondary N) is 1. The Hall–Kier alpha value is -1.96. The van der Waals surface area contributed by atoms with Gasteiger partial charge in [-0.05, 0) is 50.0 Å². The van der Waals surface area contributed by atoms with Gasteiger partial charge in [-0.25, -0.2) is 5.48 Å². The molecular formula is C20H29N2O5. The van der Waals surface area contributed by atoms with Crippen molar-refractivity contribution < 1.29 is 25.0 Å². The first-order valence-electron chi connectivity index (χ1n) is 9.26. The van der Waals surface area contributed by atoms with Crippen LogP contribution in [0.3, 0.4) is 0 Å². The van der Waals surface area contributed by atoms with E-state index in [4.69, 9.17) is 10.9 Å². The minimum Gasteiger partial charge on any atom is -0.393 e. The van der Waals surface area contributed by atoms with Gasteiger partial charge in [0.05, 0.1) is 17.6 Å². The second-order valence-corrected chi connectivity index (χ2v) is 7.71. The number of hydroxylamine groups is 1. The van der Waals surface area contributed by atoms with Crippen molar-refractivity contribution >= 4 is 11.8 Å². The largest absolute Gasteiger partial charge is 0.393 e. The SMILES string of the molecule is CC1CC(C(N)=O)C[C@](O)([C@H](C[C@@H](O)[CH]Cc2ccccc2)C(=O)NO)C1. The van der Waals surface area contributed by atoms with E-state index >= 15 is 0 Å². The lowest BCUT2D eigenvalue weighted by molar-refractivity contribution is -0.155. The van der Waals surface area contributed by atoms with E-state index in [1.54, 1.807) is 11.9 Å². The number of nitrogens with two attached hydrogens (primary N) is 1. The van der Waals surface area contributed by atoms with Gasteiger partial charge in [-0.2, -0.15) is 0 Å². The average Bonchev–Trinajstić information content (AvgIpc) is 2.63. The maximum Gasteiger partial charge on any atom is 0.249 e. The Labute approximate surface area is 159 Å². The van der Waals surface area contributed by atoms with Gasteiger partial charge >= 0.3 is 0 Å². The van der Waals surface area contributed by atoms with Gasteiger partial charge in [-0.15, -0.1) is 0 Å². The summed E-state index contributed by atoms with van der Waals surface area (Å²) in [5.74, 6) is -2.91. The third kappa shape index (κ3) is 5.76. The smallest absolute Gasteiger partial charge is 0.249 e. The third-order valence-corrected chi connectivity index (χ3v) is 5.41. The summed E-state index contributed by atoms with van der Waals surface area (Å²) in [5.41, 5.74) is 6.49. The van der Waals surface area contributed by atoms with Gasteiger partial charge in [0.25, 0.3) is 0 Å². The van der Waals surface area contributed by atoms with Crippen LogP contribution in [0.5, 0.6) is 0 Å². The van der Waals surface area contributed by atoms with Crippen molar-refractivity contribution in [1.82, 2.24) is 5.48 Å². The molecule has 1 aromatic carbocycles. The lowest BCUT2D eigenvalue weighted by Gasteiger charge is -2.43. The minimum atomic E-state index is -1.52. The minimum absolute atomic E-state index is 0.0133. The molecule has 5 atom stereocenters. The monoisotopic (exact) mass is 377 g/mol. The van der Waals surface area contributed by atoms with Gasteiger partial charge in [0.1, 0.15) is 0 Å². The fourth-order valence-corrected chi connectivity index (χ4v) is 4.14. The Balaban J connectivity index is 2.09. The fraction of sp³-hybridized carbons (Fsp3) is 0.550. The molecule has 1 aliphatic carbocycles. The van der Waals surface area contributed by atoms with Gasteiger partial charge in [-0.1, -0.05) is 37.3 Å². The van der Waals surface area contributed by atoms with Crippen LogP contribution in [-0.2, 0) is 16.0 Å². The van der Waals surface area contributed by atoms with E-state index in [0.717, 1.165) is 5.56 Å². The van der Waals surface area contributed by atoms with Crippen LogP contribution < -0.4 is 11.2 Å². The second kappa shape index (κ2) is 9.30. The first-order chi connectivity index (χ1) is 12.7. The quantitative estimate of drug-likeness (QED) is 0.340. The van der Waals surface area contributed by atoms with E-state index in [-0.39, 0.29) is 18.8 Å². The highest BCUT2D eigenvalue weighted by atomic mass is 16.5. The molecule has 2 amide bonds. The van der Waals surface area contributed by atoms with Crippen molar-refractivity contribution in [2.45, 2.75) is 50.7 Å². The van der Waals surface area contributed by atoms with E-state index in [2.05, 4.69) is 0 Å². The standard InChI is InChI=1S/C20H29N2O5/c1-13-9-15(18(21)24)12-20(26,11-13)17(19(25)22-27)10-16(23)8-7-14-5-3-2-4-6-14/h2-6,8,13,15-17,23,26-27H,7,9-12H2,1H3,(H2,21,24)(H,22,25)/t13?,15?,16-,17+,20-/m0/s1. The summed E-state index contributed by atoms with van der Waals surface area (Å²) in [5, 5.41) is 30.7. The zero-order valence-corrected chi connectivity index (χ0v) is 15.5. The molecular weight excluding hydrogens is 348 g/mol. The van der Waals surface area contributed by atoms with Gasteiger partial charge < -0.3 is 15.9 Å². The maximum absolute atomic E-state index is 12.2. The first-order valence-corrected chi connectivity index (χ1v) is 9.26. The first kappa shape index (κ1) is 21.3. The molecule has 7 nitrogen and oxygen atoms in total. The van der Waals surface area contributed by atoms with Crippen molar-refractivity contribution in [1.29, 1.82) is 0 Å². The molecule has 0 spiro atoms. The molecule has 1 aliphatic rings. The molecule has 1 radical (unpaired) electrons. The summed E-state index contributed by atoms with van der Waals surface area (Å²) in [4.78, 5) is 23.9. The van der Waals surface area contributed by atoms with Crippen LogP contribution in [0.25, 0.3) is 0 Å². The Morgan fingerprint density at radius 1 is 1.33 bits per heavy atom. The van der Waals surface area contributed by atoms with Gasteiger partial charge in [0.15, 0.2) is 0 Å². The molecule has 27 heavy (non-hydrogen) atoms. The summed E-state index contributed by atoms with van der Waals surface area (Å²) in [6.07, 6.45) is 2.03. The molecule has 1 aromatic rings. The van der Waals surface area contributed by atoms with Gasteiger partial charge in [0.2, 0.25) is 11.8 Å². The zero-order valence-electron chi connectivity index (χ0n) is 15.5. The van der Waals surface area contributed by atoms with Crippen LogP contribution in [0.15, 0.2) is 30.3 Å². The highest BCUT2D eigenvalue weighted by Crippen LogP contribution is 2.42. The molecule has 2 rings (SSSR count). The lowest BCUT2D eigenvalue weighted by Crippen LogP contribution is -2.53. The Kier molecular flexibility index (Phi) is 7.35. The van der Waals surface area contributed by atoms with Crippen LogP contribution >= 0.6 is 0 Å². The maximum atomic E-state index is 12.2. The van der Waals surface area contributed by atoms with E-state index in [9.17, 15) is 19.8 Å². The normalized spacial score (nSPS) is 27.6. The molecule has 7 heteroatoms. The van der Waals surface area contributed by atoms with Crippen LogP contribution in [0.2, 0.25) is 0 Å². The van der Waals surface area contributed by atoms with E-state index in [0.29, 0.717) is 19.3 Å². The predicted octanol–water partition coefficient (Wildman–Crippen LogP) is 0.959.